The number of nitrogens with one attached hydrogen (secondary N) is 2. The van der Waals surface area contributed by atoms with E-state index < -0.39 is 11.9 Å². The highest BCUT2D eigenvalue weighted by Crippen LogP contribution is 2.10. The fourth-order valence-electron chi connectivity index (χ4n) is 1.33. The highest BCUT2D eigenvalue weighted by Gasteiger charge is 2.28. The average molecular weight is 207 g/mol. The first-order valence-electron chi connectivity index (χ1n) is 4.38. The van der Waals surface area contributed by atoms with E-state index in [1.54, 1.807) is 12.1 Å². The van der Waals surface area contributed by atoms with E-state index in [2.05, 4.69) is 5.32 Å². The van der Waals surface area contributed by atoms with Crippen molar-refractivity contribution < 1.29 is 14.0 Å². The molecule has 1 fully saturated rings. The lowest BCUT2D eigenvalue weighted by molar-refractivity contribution is -0.119. The monoisotopic (exact) mass is 207 g/mol. The Hall–Kier alpha value is -2.11. The van der Waals surface area contributed by atoms with Gasteiger partial charge >= 0.3 is 6.03 Å². The van der Waals surface area contributed by atoms with Crippen LogP contribution in [0.1, 0.15) is 12.2 Å². The van der Waals surface area contributed by atoms with Crippen LogP contribution in [0.3, 0.4) is 0 Å². The average Bonchev–Trinajstić information content (AvgIpc) is 2.63. The summed E-state index contributed by atoms with van der Waals surface area (Å²) in [7, 11) is 0. The van der Waals surface area contributed by atoms with Crippen LogP contribution in [0.2, 0.25) is 0 Å². The molecule has 0 spiro atoms. The Labute approximate surface area is 85.4 Å². The molecule has 2 rings (SSSR count). The summed E-state index contributed by atoms with van der Waals surface area (Å²) in [6.45, 7) is 0.172. The fourth-order valence-corrected chi connectivity index (χ4v) is 1.33. The van der Waals surface area contributed by atoms with Gasteiger partial charge in [-0.25, -0.2) is 4.79 Å². The molecule has 6 heteroatoms. The molecular weight excluding hydrogens is 198 g/mol. The third-order valence-electron chi connectivity index (χ3n) is 2.04. The Morgan fingerprint density at radius 1 is 1.53 bits per heavy atom. The number of hydrogen-bond donors (Lipinski definition) is 2. The maximum atomic E-state index is 11.4. The third-order valence-corrected chi connectivity index (χ3v) is 2.04. The second kappa shape index (κ2) is 3.56. The maximum absolute atomic E-state index is 11.4. The van der Waals surface area contributed by atoms with Gasteiger partial charge in [-0.1, -0.05) is 0 Å². The molecule has 1 aromatic heterocycles. The fraction of sp³-hybridized carbons (Fsp3) is 0.222. The topological polar surface area (TPSA) is 86.4 Å². The SMILES string of the molecule is N=C1CC(=O)NC(=O)N1Cc1ccco1. The predicted molar refractivity (Wildman–Crippen MR) is 50.1 cm³/mol. The van der Waals surface area contributed by atoms with Crippen LogP contribution in [0.25, 0.3) is 0 Å². The van der Waals surface area contributed by atoms with Gasteiger partial charge in [0.05, 0.1) is 19.2 Å². The highest BCUT2D eigenvalue weighted by molar-refractivity contribution is 6.14. The number of urea groups is 1. The van der Waals surface area contributed by atoms with Crippen LogP contribution in [-0.2, 0) is 11.3 Å². The van der Waals surface area contributed by atoms with Crippen LogP contribution >= 0.6 is 0 Å². The molecule has 1 aliphatic heterocycles. The number of rotatable bonds is 2. The van der Waals surface area contributed by atoms with Gasteiger partial charge in [-0.3, -0.25) is 20.4 Å². The molecule has 1 aliphatic rings. The molecule has 0 radical (unpaired) electrons. The number of amides is 3. The molecule has 0 atom stereocenters. The maximum Gasteiger partial charge on any atom is 0.329 e. The zero-order chi connectivity index (χ0) is 10.8. The van der Waals surface area contributed by atoms with Crippen molar-refractivity contribution in [2.45, 2.75) is 13.0 Å². The van der Waals surface area contributed by atoms with Gasteiger partial charge in [0.25, 0.3) is 0 Å². The van der Waals surface area contributed by atoms with Crippen LogP contribution in [0.15, 0.2) is 22.8 Å². The van der Waals surface area contributed by atoms with E-state index in [9.17, 15) is 9.59 Å². The lowest BCUT2D eigenvalue weighted by Gasteiger charge is -2.25. The highest BCUT2D eigenvalue weighted by atomic mass is 16.3. The first-order valence-corrected chi connectivity index (χ1v) is 4.38. The molecule has 3 amide bonds. The van der Waals surface area contributed by atoms with Crippen LogP contribution in [0.4, 0.5) is 4.79 Å². The molecule has 78 valence electrons. The number of nitrogens with zero attached hydrogens (tertiary/aromatic N) is 1. The summed E-state index contributed by atoms with van der Waals surface area (Å²) < 4.78 is 5.06. The first kappa shape index (κ1) is 9.45. The Morgan fingerprint density at radius 2 is 2.33 bits per heavy atom. The van der Waals surface area contributed by atoms with E-state index in [-0.39, 0.29) is 18.8 Å². The third kappa shape index (κ3) is 1.88. The molecule has 1 saturated heterocycles. The molecule has 2 heterocycles. The summed E-state index contributed by atoms with van der Waals surface area (Å²) >= 11 is 0. The van der Waals surface area contributed by atoms with Crippen molar-refractivity contribution in [2.24, 2.45) is 0 Å². The summed E-state index contributed by atoms with van der Waals surface area (Å²) in [5.74, 6) is 0.116. The molecule has 15 heavy (non-hydrogen) atoms. The van der Waals surface area contributed by atoms with Gasteiger partial charge in [0, 0.05) is 0 Å². The van der Waals surface area contributed by atoms with Crippen LogP contribution in [0, 0.1) is 5.41 Å². The van der Waals surface area contributed by atoms with E-state index >= 15 is 0 Å². The van der Waals surface area contributed by atoms with Crippen molar-refractivity contribution in [2.75, 3.05) is 0 Å². The second-order valence-electron chi connectivity index (χ2n) is 3.14. The van der Waals surface area contributed by atoms with Gasteiger partial charge < -0.3 is 4.42 Å². The Morgan fingerprint density at radius 3 is 2.93 bits per heavy atom. The molecule has 0 saturated carbocycles. The zero-order valence-electron chi connectivity index (χ0n) is 7.82. The summed E-state index contributed by atoms with van der Waals surface area (Å²) in [5, 5.41) is 9.65. The van der Waals surface area contributed by atoms with E-state index in [1.807, 2.05) is 0 Å². The minimum Gasteiger partial charge on any atom is -0.467 e. The van der Waals surface area contributed by atoms with Crippen molar-refractivity contribution in [3.63, 3.8) is 0 Å². The number of furan rings is 1. The normalized spacial score (nSPS) is 16.8. The Balaban J connectivity index is 2.11. The number of carbonyl (C=O) groups excluding carboxylic acids is 2. The molecule has 2 N–H and O–H groups in total. The van der Waals surface area contributed by atoms with Crippen LogP contribution in [0.5, 0.6) is 0 Å². The summed E-state index contributed by atoms with van der Waals surface area (Å²) in [4.78, 5) is 23.4. The van der Waals surface area contributed by atoms with Crippen molar-refractivity contribution in [1.29, 1.82) is 5.41 Å². The predicted octanol–water partition coefficient (Wildman–Crippen LogP) is 0.699. The minimum absolute atomic E-state index is 0.0137. The van der Waals surface area contributed by atoms with Crippen molar-refractivity contribution in [3.8, 4) is 0 Å². The quantitative estimate of drug-likeness (QED) is 0.748. The van der Waals surface area contributed by atoms with Gasteiger partial charge in [0.2, 0.25) is 5.91 Å². The summed E-state index contributed by atoms with van der Waals surface area (Å²) in [6.07, 6.45) is 1.42. The van der Waals surface area contributed by atoms with Crippen molar-refractivity contribution in [1.82, 2.24) is 10.2 Å². The number of imide groups is 1. The number of carbonyl (C=O) groups is 2. The summed E-state index contributed by atoms with van der Waals surface area (Å²) in [5.41, 5.74) is 0. The van der Waals surface area contributed by atoms with Gasteiger partial charge in [-0.2, -0.15) is 0 Å². The molecule has 6 nitrogen and oxygen atoms in total. The Bertz CT molecular complexity index is 390. The molecule has 0 unspecified atom stereocenters. The second-order valence-corrected chi connectivity index (χ2v) is 3.14. The van der Waals surface area contributed by atoms with Crippen molar-refractivity contribution >= 4 is 17.8 Å². The summed E-state index contributed by atoms with van der Waals surface area (Å²) in [6, 6.07) is 2.83. The van der Waals surface area contributed by atoms with E-state index in [0.717, 1.165) is 0 Å². The number of amidine groups is 1. The van der Waals surface area contributed by atoms with E-state index in [4.69, 9.17) is 9.83 Å². The Kier molecular flexibility index (Phi) is 2.24. The van der Waals surface area contributed by atoms with Crippen LogP contribution < -0.4 is 5.32 Å². The molecule has 1 aromatic rings. The first-order chi connectivity index (χ1) is 7.16. The van der Waals surface area contributed by atoms with Gasteiger partial charge in [-0.05, 0) is 12.1 Å². The van der Waals surface area contributed by atoms with Crippen molar-refractivity contribution in [3.05, 3.63) is 24.2 Å². The van der Waals surface area contributed by atoms with Gasteiger partial charge in [-0.15, -0.1) is 0 Å². The molecule has 0 bridgehead atoms. The van der Waals surface area contributed by atoms with Gasteiger partial charge in [0.1, 0.15) is 11.6 Å². The molecule has 0 aromatic carbocycles. The lowest BCUT2D eigenvalue weighted by Crippen LogP contribution is -2.51. The van der Waals surface area contributed by atoms with Gasteiger partial charge in [0.15, 0.2) is 0 Å². The molecular formula is C9H9N3O3. The smallest absolute Gasteiger partial charge is 0.329 e. The number of hydrogen-bond acceptors (Lipinski definition) is 4. The minimum atomic E-state index is -0.576. The lowest BCUT2D eigenvalue weighted by atomic mass is 10.2. The standard InChI is InChI=1S/C9H9N3O3/c10-7-4-8(13)11-9(14)12(7)5-6-2-1-3-15-6/h1-3,10H,4-5H2,(H,11,13,14). The zero-order valence-corrected chi connectivity index (χ0v) is 7.82. The van der Waals surface area contributed by atoms with E-state index in [0.29, 0.717) is 5.76 Å². The van der Waals surface area contributed by atoms with E-state index in [1.165, 1.54) is 11.2 Å². The molecule has 0 aliphatic carbocycles. The van der Waals surface area contributed by atoms with Crippen LogP contribution in [-0.4, -0.2) is 22.7 Å². The largest absolute Gasteiger partial charge is 0.467 e.